The number of hydrogen-bond acceptors (Lipinski definition) is 3. The van der Waals surface area contributed by atoms with E-state index in [1.54, 1.807) is 12.1 Å². The highest BCUT2D eigenvalue weighted by atomic mass is 35.5. The molecule has 1 aromatic heterocycles. The second-order valence-electron chi connectivity index (χ2n) is 6.81. The highest BCUT2D eigenvalue weighted by molar-refractivity contribution is 6.35. The Hall–Kier alpha value is -2.82. The third-order valence-corrected chi connectivity index (χ3v) is 4.58. The molecule has 4 nitrogen and oxygen atoms in total. The van der Waals surface area contributed by atoms with Gasteiger partial charge in [0, 0.05) is 11.4 Å². The molecule has 0 atom stereocenters. The summed E-state index contributed by atoms with van der Waals surface area (Å²) in [6.45, 7) is 7.07. The van der Waals surface area contributed by atoms with Gasteiger partial charge < -0.3 is 4.57 Å². The Bertz CT molecular complexity index is 951. The third-order valence-electron chi connectivity index (χ3n) is 4.20. The molecule has 0 spiro atoms. The molecule has 5 heteroatoms. The van der Waals surface area contributed by atoms with Crippen LogP contribution < -0.4 is 0 Å². The van der Waals surface area contributed by atoms with Crippen molar-refractivity contribution in [2.75, 3.05) is 0 Å². The topological polar surface area (TPSA) is 69.6 Å². The molecule has 0 saturated heterocycles. The average molecular weight is 366 g/mol. The molecular formula is C21H20ClN3O. The summed E-state index contributed by atoms with van der Waals surface area (Å²) in [5.41, 5.74) is 2.81. The largest absolute Gasteiger partial charge is 0.312 e. The molecule has 26 heavy (non-hydrogen) atoms. The minimum absolute atomic E-state index is 0.105. The van der Waals surface area contributed by atoms with E-state index in [9.17, 15) is 4.79 Å². The fourth-order valence-electron chi connectivity index (χ4n) is 2.76. The van der Waals surface area contributed by atoms with Gasteiger partial charge in [0.05, 0.1) is 39.4 Å². The number of Topliss-reactive ketones (excluding diaryl/α,β-unsaturated/α-hetero) is 1. The quantitative estimate of drug-likeness (QED) is 0.660. The molecule has 0 aliphatic rings. The molecule has 1 aromatic carbocycles. The van der Waals surface area contributed by atoms with Gasteiger partial charge in [0.1, 0.15) is 0 Å². The van der Waals surface area contributed by atoms with Crippen LogP contribution in [0.3, 0.4) is 0 Å². The molecular weight excluding hydrogens is 346 g/mol. The van der Waals surface area contributed by atoms with E-state index in [-0.39, 0.29) is 5.78 Å². The van der Waals surface area contributed by atoms with Crippen LogP contribution in [0.25, 0.3) is 11.8 Å². The fraction of sp³-hybridized carbons (Fsp3) is 0.286. The zero-order valence-electron chi connectivity index (χ0n) is 15.3. The van der Waals surface area contributed by atoms with Crippen molar-refractivity contribution in [1.29, 1.82) is 10.5 Å². The Morgan fingerprint density at radius 2 is 1.88 bits per heavy atom. The van der Waals surface area contributed by atoms with E-state index in [2.05, 4.69) is 12.1 Å². The second kappa shape index (κ2) is 7.60. The van der Waals surface area contributed by atoms with Crippen LogP contribution in [0.4, 0.5) is 0 Å². The summed E-state index contributed by atoms with van der Waals surface area (Å²) < 4.78 is 1.90. The Kier molecular flexibility index (Phi) is 5.70. The van der Waals surface area contributed by atoms with E-state index in [0.717, 1.165) is 11.4 Å². The van der Waals surface area contributed by atoms with Gasteiger partial charge in [0.15, 0.2) is 5.78 Å². The summed E-state index contributed by atoms with van der Waals surface area (Å²) in [6, 6.07) is 11.4. The van der Waals surface area contributed by atoms with Gasteiger partial charge in [-0.15, -0.1) is 0 Å². The van der Waals surface area contributed by atoms with Gasteiger partial charge in [-0.3, -0.25) is 4.79 Å². The molecule has 1 heterocycles. The first-order valence-corrected chi connectivity index (χ1v) is 8.59. The van der Waals surface area contributed by atoms with Gasteiger partial charge >= 0.3 is 0 Å². The van der Waals surface area contributed by atoms with E-state index in [1.165, 1.54) is 6.92 Å². The highest BCUT2D eigenvalue weighted by Gasteiger charge is 2.22. The van der Waals surface area contributed by atoms with E-state index in [0.29, 0.717) is 28.3 Å². The summed E-state index contributed by atoms with van der Waals surface area (Å²) in [5, 5.41) is 18.5. The van der Waals surface area contributed by atoms with Gasteiger partial charge in [-0.25, -0.2) is 0 Å². The highest BCUT2D eigenvalue weighted by Crippen LogP contribution is 2.33. The molecule has 2 rings (SSSR count). The lowest BCUT2D eigenvalue weighted by molar-refractivity contribution is 0.101. The lowest BCUT2D eigenvalue weighted by Crippen LogP contribution is -2.05. The second-order valence-corrected chi connectivity index (χ2v) is 7.19. The van der Waals surface area contributed by atoms with E-state index in [1.807, 2.05) is 49.6 Å². The van der Waals surface area contributed by atoms with E-state index in [4.69, 9.17) is 22.1 Å². The van der Waals surface area contributed by atoms with Crippen molar-refractivity contribution >= 4 is 23.5 Å². The number of ketones is 1. The molecule has 0 saturated carbocycles. The van der Waals surface area contributed by atoms with E-state index < -0.39 is 5.41 Å². The van der Waals surface area contributed by atoms with Gasteiger partial charge in [-0.05, 0) is 64.5 Å². The fourth-order valence-corrected chi connectivity index (χ4v) is 3.18. The summed E-state index contributed by atoms with van der Waals surface area (Å²) in [7, 11) is 0. The van der Waals surface area contributed by atoms with Crippen molar-refractivity contribution in [2.24, 2.45) is 5.41 Å². The average Bonchev–Trinajstić information content (AvgIpc) is 2.85. The number of allylic oxidation sites excluding steroid dienone is 1. The summed E-state index contributed by atoms with van der Waals surface area (Å²) in [4.78, 5) is 12.1. The van der Waals surface area contributed by atoms with Crippen LogP contribution in [0.15, 0.2) is 30.3 Å². The molecule has 0 fully saturated rings. The number of nitriles is 2. The normalized spacial score (nSPS) is 11.3. The minimum atomic E-state index is -0.479. The molecule has 0 bridgehead atoms. The number of rotatable bonds is 5. The Balaban J connectivity index is 2.60. The van der Waals surface area contributed by atoms with Crippen LogP contribution in [-0.4, -0.2) is 10.4 Å². The van der Waals surface area contributed by atoms with Crippen molar-refractivity contribution in [2.45, 2.75) is 34.1 Å². The maximum absolute atomic E-state index is 12.1. The third kappa shape index (κ3) is 3.87. The maximum Gasteiger partial charge on any atom is 0.163 e. The monoisotopic (exact) mass is 365 g/mol. The van der Waals surface area contributed by atoms with Crippen molar-refractivity contribution in [3.05, 3.63) is 57.9 Å². The first kappa shape index (κ1) is 19.5. The van der Waals surface area contributed by atoms with Gasteiger partial charge in [0.2, 0.25) is 0 Å². The van der Waals surface area contributed by atoms with Crippen LogP contribution in [0.1, 0.15) is 54.5 Å². The molecule has 0 aliphatic carbocycles. The van der Waals surface area contributed by atoms with Crippen molar-refractivity contribution < 1.29 is 4.79 Å². The molecule has 132 valence electrons. The number of carbonyl (C=O) groups excluding carboxylic acids is 1. The van der Waals surface area contributed by atoms with Crippen LogP contribution in [-0.2, 0) is 0 Å². The number of halogens is 1. The van der Waals surface area contributed by atoms with Crippen molar-refractivity contribution in [3.63, 3.8) is 0 Å². The Morgan fingerprint density at radius 3 is 2.38 bits per heavy atom. The lowest BCUT2D eigenvalue weighted by Gasteiger charge is -2.12. The van der Waals surface area contributed by atoms with E-state index >= 15 is 0 Å². The number of nitrogens with zero attached hydrogens (tertiary/aromatic N) is 3. The number of carbonyl (C=O) groups is 1. The predicted octanol–water partition coefficient (Wildman–Crippen LogP) is 5.47. The Labute approximate surface area is 158 Å². The molecule has 0 amide bonds. The summed E-state index contributed by atoms with van der Waals surface area (Å²) in [5.74, 6) is -0.105. The first-order chi connectivity index (χ1) is 12.2. The molecule has 0 radical (unpaired) electrons. The zero-order valence-corrected chi connectivity index (χ0v) is 16.1. The van der Waals surface area contributed by atoms with Crippen LogP contribution in [0.2, 0.25) is 5.02 Å². The Morgan fingerprint density at radius 1 is 1.27 bits per heavy atom. The summed E-state index contributed by atoms with van der Waals surface area (Å²) in [6.07, 6.45) is 4.31. The SMILES string of the molecule is CC(=O)c1c(Cl)c(/C=C/CC(C)(C)C#N)n(-c2ccc(C#N)cc2)c1C. The number of aromatic nitrogens is 1. The van der Waals surface area contributed by atoms with Crippen molar-refractivity contribution in [1.82, 2.24) is 4.57 Å². The standard InChI is InChI=1S/C21H20ClN3O/c1-14-19(15(2)26)20(22)18(6-5-11-21(3,4)13-24)25(14)17-9-7-16(12-23)8-10-17/h5-10H,11H2,1-4H3/b6-5+. The predicted molar refractivity (Wildman–Crippen MR) is 103 cm³/mol. The van der Waals surface area contributed by atoms with Crippen LogP contribution in [0.5, 0.6) is 0 Å². The van der Waals surface area contributed by atoms with Gasteiger partial charge in [0.25, 0.3) is 0 Å². The summed E-state index contributed by atoms with van der Waals surface area (Å²) >= 11 is 6.51. The number of hydrogen-bond donors (Lipinski definition) is 0. The molecule has 2 aromatic rings. The minimum Gasteiger partial charge on any atom is -0.312 e. The maximum atomic E-state index is 12.1. The first-order valence-electron chi connectivity index (χ1n) is 8.22. The van der Waals surface area contributed by atoms with Crippen molar-refractivity contribution in [3.8, 4) is 17.8 Å². The number of benzene rings is 1. The molecule has 0 unspecified atom stereocenters. The lowest BCUT2D eigenvalue weighted by atomic mass is 9.91. The smallest absolute Gasteiger partial charge is 0.163 e. The van der Waals surface area contributed by atoms with Crippen LogP contribution >= 0.6 is 11.6 Å². The van der Waals surface area contributed by atoms with Crippen LogP contribution in [0, 0.1) is 35.0 Å². The molecule has 0 aliphatic heterocycles. The van der Waals surface area contributed by atoms with Gasteiger partial charge in [-0.2, -0.15) is 10.5 Å². The molecule has 0 N–H and O–H groups in total. The van der Waals surface area contributed by atoms with Gasteiger partial charge in [-0.1, -0.05) is 17.7 Å². The zero-order chi connectivity index (χ0) is 19.5.